The SMILES string of the molecule is CCC[C@](C)(NS(=O)(=O)c1ccc(S(C)(=O)=O)cc1)C(=O)O. The standard InChI is InChI=1S/C13H19NO6S2/c1-4-9-13(2,12(15)16)14-22(19,20)11-7-5-10(6-8-11)21(3,17)18/h5-8,14H,4,9H2,1-3H3,(H,15,16)/t13-/m0/s1. The van der Waals surface area contributed by atoms with E-state index in [0.717, 1.165) is 18.4 Å². The van der Waals surface area contributed by atoms with Gasteiger partial charge in [-0.05, 0) is 37.6 Å². The zero-order valence-corrected chi connectivity index (χ0v) is 14.2. The molecule has 2 N–H and O–H groups in total. The smallest absolute Gasteiger partial charge is 0.324 e. The summed E-state index contributed by atoms with van der Waals surface area (Å²) >= 11 is 0. The van der Waals surface area contributed by atoms with Crippen LogP contribution in [0.15, 0.2) is 34.1 Å². The number of aliphatic carboxylic acids is 1. The van der Waals surface area contributed by atoms with Crippen LogP contribution in [0.2, 0.25) is 0 Å². The van der Waals surface area contributed by atoms with Crippen LogP contribution in [0.5, 0.6) is 0 Å². The van der Waals surface area contributed by atoms with Gasteiger partial charge < -0.3 is 5.11 Å². The second-order valence-corrected chi connectivity index (χ2v) is 8.93. The Hall–Kier alpha value is -1.45. The molecule has 0 bridgehead atoms. The highest BCUT2D eigenvalue weighted by Gasteiger charge is 2.37. The minimum absolute atomic E-state index is 0.0130. The zero-order chi connectivity index (χ0) is 17.2. The summed E-state index contributed by atoms with van der Waals surface area (Å²) in [5, 5.41) is 9.22. The van der Waals surface area contributed by atoms with Gasteiger partial charge >= 0.3 is 5.97 Å². The van der Waals surface area contributed by atoms with Crippen LogP contribution in [0.1, 0.15) is 26.7 Å². The van der Waals surface area contributed by atoms with Gasteiger partial charge in [-0.1, -0.05) is 13.3 Å². The summed E-state index contributed by atoms with van der Waals surface area (Å²) in [6.07, 6.45) is 1.62. The molecule has 0 aliphatic carbocycles. The normalized spacial score (nSPS) is 15.2. The third-order valence-corrected chi connectivity index (χ3v) is 5.88. The second kappa shape index (κ2) is 6.35. The Balaban J connectivity index is 3.17. The number of sulfone groups is 1. The Labute approximate surface area is 130 Å². The van der Waals surface area contributed by atoms with E-state index >= 15 is 0 Å². The number of hydrogen-bond acceptors (Lipinski definition) is 5. The molecule has 1 aromatic rings. The second-order valence-electron chi connectivity index (χ2n) is 5.24. The van der Waals surface area contributed by atoms with Gasteiger partial charge in [-0.2, -0.15) is 4.72 Å². The minimum atomic E-state index is -4.07. The Morgan fingerprint density at radius 2 is 1.59 bits per heavy atom. The van der Waals surface area contributed by atoms with Crippen molar-refractivity contribution < 1.29 is 26.7 Å². The number of nitrogens with one attached hydrogen (secondary N) is 1. The van der Waals surface area contributed by atoms with Gasteiger partial charge in [-0.3, -0.25) is 4.79 Å². The van der Waals surface area contributed by atoms with Crippen molar-refractivity contribution in [3.05, 3.63) is 24.3 Å². The van der Waals surface area contributed by atoms with Crippen molar-refractivity contribution in [1.29, 1.82) is 0 Å². The largest absolute Gasteiger partial charge is 0.480 e. The fraction of sp³-hybridized carbons (Fsp3) is 0.462. The zero-order valence-electron chi connectivity index (χ0n) is 12.5. The first-order valence-corrected chi connectivity index (χ1v) is 9.87. The predicted molar refractivity (Wildman–Crippen MR) is 80.8 cm³/mol. The third kappa shape index (κ3) is 4.28. The van der Waals surface area contributed by atoms with Crippen LogP contribution in [0.4, 0.5) is 0 Å². The van der Waals surface area contributed by atoms with E-state index in [1.165, 1.54) is 19.1 Å². The molecule has 0 heterocycles. The molecular weight excluding hydrogens is 330 g/mol. The fourth-order valence-corrected chi connectivity index (χ4v) is 3.95. The average molecular weight is 349 g/mol. The van der Waals surface area contributed by atoms with Crippen molar-refractivity contribution >= 4 is 25.8 Å². The van der Waals surface area contributed by atoms with Gasteiger partial charge in [-0.25, -0.2) is 16.8 Å². The maximum atomic E-state index is 12.3. The highest BCUT2D eigenvalue weighted by atomic mass is 32.2. The molecule has 124 valence electrons. The molecule has 0 fully saturated rings. The van der Waals surface area contributed by atoms with Gasteiger partial charge in [0, 0.05) is 6.26 Å². The molecule has 0 aliphatic heterocycles. The quantitative estimate of drug-likeness (QED) is 0.758. The van der Waals surface area contributed by atoms with Gasteiger partial charge in [0.15, 0.2) is 9.84 Å². The summed E-state index contributed by atoms with van der Waals surface area (Å²) in [7, 11) is -7.50. The monoisotopic (exact) mass is 349 g/mol. The van der Waals surface area contributed by atoms with Crippen LogP contribution in [-0.4, -0.2) is 39.7 Å². The van der Waals surface area contributed by atoms with Crippen molar-refractivity contribution in [3.63, 3.8) is 0 Å². The molecule has 0 aromatic heterocycles. The number of benzene rings is 1. The summed E-state index contributed by atoms with van der Waals surface area (Å²) in [5.74, 6) is -1.27. The molecule has 0 radical (unpaired) electrons. The lowest BCUT2D eigenvalue weighted by atomic mass is 9.98. The molecular formula is C13H19NO6S2. The van der Waals surface area contributed by atoms with Crippen molar-refractivity contribution in [2.45, 2.75) is 42.0 Å². The number of carboxylic acids is 1. The maximum absolute atomic E-state index is 12.3. The third-order valence-electron chi connectivity index (χ3n) is 3.14. The highest BCUT2D eigenvalue weighted by molar-refractivity contribution is 7.90. The molecule has 9 heteroatoms. The summed E-state index contributed by atoms with van der Waals surface area (Å²) in [6, 6.07) is 4.60. The fourth-order valence-electron chi connectivity index (χ4n) is 1.92. The van der Waals surface area contributed by atoms with Crippen LogP contribution in [0.3, 0.4) is 0 Å². The summed E-state index contributed by atoms with van der Waals surface area (Å²) < 4.78 is 49.4. The average Bonchev–Trinajstić information content (AvgIpc) is 2.37. The van der Waals surface area contributed by atoms with E-state index in [1.807, 2.05) is 0 Å². The molecule has 1 atom stereocenters. The van der Waals surface area contributed by atoms with Gasteiger partial charge in [0.1, 0.15) is 5.54 Å². The van der Waals surface area contributed by atoms with Crippen LogP contribution >= 0.6 is 0 Å². The van der Waals surface area contributed by atoms with Gasteiger partial charge in [-0.15, -0.1) is 0 Å². The summed E-state index contributed by atoms with van der Waals surface area (Å²) in [5.41, 5.74) is -1.62. The summed E-state index contributed by atoms with van der Waals surface area (Å²) in [4.78, 5) is 11.1. The highest BCUT2D eigenvalue weighted by Crippen LogP contribution is 2.19. The van der Waals surface area contributed by atoms with Crippen LogP contribution in [-0.2, 0) is 24.7 Å². The van der Waals surface area contributed by atoms with Gasteiger partial charge in [0.05, 0.1) is 9.79 Å². The van der Waals surface area contributed by atoms with E-state index in [0.29, 0.717) is 6.42 Å². The van der Waals surface area contributed by atoms with Gasteiger partial charge in [0.2, 0.25) is 10.0 Å². The predicted octanol–water partition coefficient (Wildman–Crippen LogP) is 1.01. The first-order chi connectivity index (χ1) is 9.92. The Bertz CT molecular complexity index is 752. The first-order valence-electron chi connectivity index (χ1n) is 6.50. The Kier molecular flexibility index (Phi) is 5.37. The number of hydrogen-bond donors (Lipinski definition) is 2. The van der Waals surface area contributed by atoms with E-state index in [9.17, 15) is 26.7 Å². The van der Waals surface area contributed by atoms with Crippen LogP contribution < -0.4 is 4.72 Å². The first kappa shape index (κ1) is 18.6. The van der Waals surface area contributed by atoms with Crippen molar-refractivity contribution in [3.8, 4) is 0 Å². The van der Waals surface area contributed by atoms with Crippen molar-refractivity contribution in [2.75, 3.05) is 6.26 Å². The molecule has 0 amide bonds. The van der Waals surface area contributed by atoms with E-state index in [2.05, 4.69) is 4.72 Å². The van der Waals surface area contributed by atoms with E-state index < -0.39 is 31.4 Å². The molecule has 0 saturated carbocycles. The molecule has 0 unspecified atom stereocenters. The van der Waals surface area contributed by atoms with Gasteiger partial charge in [0.25, 0.3) is 0 Å². The molecule has 22 heavy (non-hydrogen) atoms. The lowest BCUT2D eigenvalue weighted by Crippen LogP contribution is -2.51. The molecule has 1 rings (SSSR count). The summed E-state index contributed by atoms with van der Waals surface area (Å²) in [6.45, 7) is 3.04. The lowest BCUT2D eigenvalue weighted by Gasteiger charge is -2.25. The lowest BCUT2D eigenvalue weighted by molar-refractivity contribution is -0.143. The molecule has 0 aliphatic rings. The van der Waals surface area contributed by atoms with Crippen molar-refractivity contribution in [1.82, 2.24) is 4.72 Å². The molecule has 7 nitrogen and oxygen atoms in total. The number of sulfonamides is 1. The molecule has 0 saturated heterocycles. The van der Waals surface area contributed by atoms with Crippen molar-refractivity contribution in [2.24, 2.45) is 0 Å². The van der Waals surface area contributed by atoms with Crippen LogP contribution in [0.25, 0.3) is 0 Å². The molecule has 1 aromatic carbocycles. The number of carbonyl (C=O) groups is 1. The Morgan fingerprint density at radius 3 is 1.95 bits per heavy atom. The van der Waals surface area contributed by atoms with E-state index in [1.54, 1.807) is 6.92 Å². The van der Waals surface area contributed by atoms with Crippen LogP contribution in [0, 0.1) is 0 Å². The molecule has 0 spiro atoms. The number of carboxylic acid groups (broad SMARTS) is 1. The van der Waals surface area contributed by atoms with E-state index in [4.69, 9.17) is 0 Å². The van der Waals surface area contributed by atoms with E-state index in [-0.39, 0.29) is 16.2 Å². The Morgan fingerprint density at radius 1 is 1.14 bits per heavy atom. The topological polar surface area (TPSA) is 118 Å². The minimum Gasteiger partial charge on any atom is -0.480 e. The number of rotatable bonds is 7. The maximum Gasteiger partial charge on any atom is 0.324 e.